The van der Waals surface area contributed by atoms with E-state index in [1.807, 2.05) is 19.9 Å². The molecule has 0 fully saturated rings. The van der Waals surface area contributed by atoms with Crippen molar-refractivity contribution in [2.24, 2.45) is 0 Å². The fourth-order valence-corrected chi connectivity index (χ4v) is 1.85. The summed E-state index contributed by atoms with van der Waals surface area (Å²) >= 11 is 0. The lowest BCUT2D eigenvalue weighted by Gasteiger charge is -2.28. The van der Waals surface area contributed by atoms with Crippen LogP contribution in [0.1, 0.15) is 31.1 Å². The van der Waals surface area contributed by atoms with E-state index in [4.69, 9.17) is 4.74 Å². The van der Waals surface area contributed by atoms with Crippen LogP contribution in [0, 0.1) is 0 Å². The van der Waals surface area contributed by atoms with E-state index in [9.17, 15) is 9.59 Å². The third kappa shape index (κ3) is 3.73. The van der Waals surface area contributed by atoms with E-state index >= 15 is 0 Å². The van der Waals surface area contributed by atoms with Gasteiger partial charge in [0.15, 0.2) is 0 Å². The molecule has 1 aromatic carbocycles. The number of nitrogens with one attached hydrogen (secondary N) is 1. The number of amides is 1. The van der Waals surface area contributed by atoms with E-state index in [-0.39, 0.29) is 18.0 Å². The fraction of sp³-hybridized carbons (Fsp3) is 0.467. The largest absolute Gasteiger partial charge is 0.465 e. The third-order valence-corrected chi connectivity index (χ3v) is 3.08. The molecule has 0 bridgehead atoms. The SMILES string of the molecule is COC(=O)c1ccccc1N(C)C(C)C(=O)NC(C)C. The number of nitrogens with zero attached hydrogens (tertiary/aromatic N) is 1. The number of hydrogen-bond acceptors (Lipinski definition) is 4. The number of likely N-dealkylation sites (N-methyl/N-ethyl adjacent to an activating group) is 1. The molecule has 1 aromatic rings. The van der Waals surface area contributed by atoms with Crippen LogP contribution in [0.2, 0.25) is 0 Å². The summed E-state index contributed by atoms with van der Waals surface area (Å²) in [6.45, 7) is 5.62. The van der Waals surface area contributed by atoms with Crippen LogP contribution in [0.3, 0.4) is 0 Å². The molecule has 0 heterocycles. The molecule has 0 saturated heterocycles. The van der Waals surface area contributed by atoms with Crippen LogP contribution in [0.15, 0.2) is 24.3 Å². The van der Waals surface area contributed by atoms with Crippen LogP contribution in [0.4, 0.5) is 5.69 Å². The first-order chi connectivity index (χ1) is 9.38. The lowest BCUT2D eigenvalue weighted by atomic mass is 10.1. The van der Waals surface area contributed by atoms with Crippen molar-refractivity contribution in [3.63, 3.8) is 0 Å². The van der Waals surface area contributed by atoms with Crippen molar-refractivity contribution in [2.75, 3.05) is 19.1 Å². The van der Waals surface area contributed by atoms with E-state index in [2.05, 4.69) is 5.32 Å². The monoisotopic (exact) mass is 278 g/mol. The Kier molecular flexibility index (Phi) is 5.55. The zero-order valence-electron chi connectivity index (χ0n) is 12.6. The average molecular weight is 278 g/mol. The van der Waals surface area contributed by atoms with E-state index in [0.29, 0.717) is 11.3 Å². The van der Waals surface area contributed by atoms with Gasteiger partial charge < -0.3 is 15.0 Å². The summed E-state index contributed by atoms with van der Waals surface area (Å²) in [5.74, 6) is -0.494. The lowest BCUT2D eigenvalue weighted by Crippen LogP contribution is -2.46. The molecule has 0 radical (unpaired) electrons. The Hall–Kier alpha value is -2.04. The highest BCUT2D eigenvalue weighted by Gasteiger charge is 2.22. The molecule has 0 saturated carbocycles. The normalized spacial score (nSPS) is 11.9. The number of esters is 1. The Balaban J connectivity index is 3.00. The second kappa shape index (κ2) is 6.93. The maximum atomic E-state index is 12.0. The summed E-state index contributed by atoms with van der Waals surface area (Å²) in [5.41, 5.74) is 1.12. The molecule has 1 rings (SSSR count). The molecule has 1 N–H and O–H groups in total. The molecule has 1 unspecified atom stereocenters. The maximum absolute atomic E-state index is 12.0. The van der Waals surface area contributed by atoms with Gasteiger partial charge in [0.2, 0.25) is 5.91 Å². The predicted molar refractivity (Wildman–Crippen MR) is 78.9 cm³/mol. The van der Waals surface area contributed by atoms with Crippen molar-refractivity contribution >= 4 is 17.6 Å². The quantitative estimate of drug-likeness (QED) is 0.835. The number of para-hydroxylation sites is 1. The molecule has 5 heteroatoms. The smallest absolute Gasteiger partial charge is 0.339 e. The molecule has 0 aliphatic heterocycles. The van der Waals surface area contributed by atoms with Crippen LogP contribution in [0.25, 0.3) is 0 Å². The van der Waals surface area contributed by atoms with Gasteiger partial charge in [-0.2, -0.15) is 0 Å². The van der Waals surface area contributed by atoms with Crippen LogP contribution < -0.4 is 10.2 Å². The summed E-state index contributed by atoms with van der Waals surface area (Å²) < 4.78 is 4.77. The van der Waals surface area contributed by atoms with Gasteiger partial charge in [0.1, 0.15) is 6.04 Å². The molecule has 1 atom stereocenters. The topological polar surface area (TPSA) is 58.6 Å². The average Bonchev–Trinajstić information content (AvgIpc) is 2.44. The van der Waals surface area contributed by atoms with E-state index in [1.165, 1.54) is 7.11 Å². The van der Waals surface area contributed by atoms with Crippen LogP contribution in [-0.2, 0) is 9.53 Å². The van der Waals surface area contributed by atoms with Gasteiger partial charge >= 0.3 is 5.97 Å². The van der Waals surface area contributed by atoms with E-state index in [0.717, 1.165) is 0 Å². The first-order valence-electron chi connectivity index (χ1n) is 6.59. The van der Waals surface area contributed by atoms with Crippen LogP contribution >= 0.6 is 0 Å². The molecule has 20 heavy (non-hydrogen) atoms. The van der Waals surface area contributed by atoms with Gasteiger partial charge in [0.25, 0.3) is 0 Å². The number of ether oxygens (including phenoxy) is 1. The van der Waals surface area contributed by atoms with Crippen molar-refractivity contribution in [3.8, 4) is 0 Å². The standard InChI is InChI=1S/C15H22N2O3/c1-10(2)16-14(18)11(3)17(4)13-9-7-6-8-12(13)15(19)20-5/h6-11H,1-5H3,(H,16,18). The second-order valence-corrected chi connectivity index (χ2v) is 4.96. The van der Waals surface area contributed by atoms with E-state index in [1.54, 1.807) is 37.1 Å². The Morgan fingerprint density at radius 2 is 1.80 bits per heavy atom. The number of methoxy groups -OCH3 is 1. The third-order valence-electron chi connectivity index (χ3n) is 3.08. The molecular formula is C15H22N2O3. The zero-order valence-corrected chi connectivity index (χ0v) is 12.6. The number of hydrogen-bond donors (Lipinski definition) is 1. The van der Waals surface area contributed by atoms with Crippen molar-refractivity contribution in [1.29, 1.82) is 0 Å². The van der Waals surface area contributed by atoms with Crippen molar-refractivity contribution < 1.29 is 14.3 Å². The van der Waals surface area contributed by atoms with Crippen molar-refractivity contribution in [1.82, 2.24) is 5.32 Å². The molecule has 0 aliphatic rings. The van der Waals surface area contributed by atoms with Gasteiger partial charge in [-0.15, -0.1) is 0 Å². The summed E-state index contributed by atoms with van der Waals surface area (Å²) in [6, 6.07) is 6.77. The Labute approximate surface area is 119 Å². The second-order valence-electron chi connectivity index (χ2n) is 4.96. The maximum Gasteiger partial charge on any atom is 0.339 e. The van der Waals surface area contributed by atoms with Gasteiger partial charge in [0.05, 0.1) is 18.4 Å². The summed E-state index contributed by atoms with van der Waals surface area (Å²) in [5, 5.41) is 2.86. The minimum Gasteiger partial charge on any atom is -0.465 e. The highest BCUT2D eigenvalue weighted by Crippen LogP contribution is 2.21. The Morgan fingerprint density at radius 1 is 1.20 bits per heavy atom. The molecule has 0 aliphatic carbocycles. The van der Waals surface area contributed by atoms with Gasteiger partial charge in [-0.25, -0.2) is 4.79 Å². The number of anilines is 1. The highest BCUT2D eigenvalue weighted by molar-refractivity contribution is 5.97. The Morgan fingerprint density at radius 3 is 2.35 bits per heavy atom. The van der Waals surface area contributed by atoms with Crippen LogP contribution in [0.5, 0.6) is 0 Å². The lowest BCUT2D eigenvalue weighted by molar-refractivity contribution is -0.122. The molecule has 110 valence electrons. The van der Waals surface area contributed by atoms with Gasteiger partial charge in [-0.3, -0.25) is 4.79 Å². The summed E-state index contributed by atoms with van der Waals surface area (Å²) in [6.07, 6.45) is 0. The summed E-state index contributed by atoms with van der Waals surface area (Å²) in [7, 11) is 3.13. The predicted octanol–water partition coefficient (Wildman–Crippen LogP) is 1.82. The molecule has 0 aromatic heterocycles. The fourth-order valence-electron chi connectivity index (χ4n) is 1.85. The van der Waals surface area contributed by atoms with Crippen molar-refractivity contribution in [2.45, 2.75) is 32.9 Å². The van der Waals surface area contributed by atoms with Gasteiger partial charge in [-0.1, -0.05) is 12.1 Å². The molecule has 1 amide bonds. The molecule has 5 nitrogen and oxygen atoms in total. The first kappa shape index (κ1) is 16.0. The number of carbonyl (C=O) groups is 2. The summed E-state index contributed by atoms with van der Waals surface area (Å²) in [4.78, 5) is 25.6. The first-order valence-corrected chi connectivity index (χ1v) is 6.59. The number of benzene rings is 1. The minimum absolute atomic E-state index is 0.0780. The van der Waals surface area contributed by atoms with Gasteiger partial charge in [0, 0.05) is 13.1 Å². The van der Waals surface area contributed by atoms with Crippen LogP contribution in [-0.4, -0.2) is 38.1 Å². The van der Waals surface area contributed by atoms with E-state index < -0.39 is 5.97 Å². The highest BCUT2D eigenvalue weighted by atomic mass is 16.5. The van der Waals surface area contributed by atoms with Crippen molar-refractivity contribution in [3.05, 3.63) is 29.8 Å². The number of rotatable bonds is 5. The Bertz CT molecular complexity index is 486. The molecular weight excluding hydrogens is 256 g/mol. The number of carbonyl (C=O) groups excluding carboxylic acids is 2. The zero-order chi connectivity index (χ0) is 15.3. The van der Waals surface area contributed by atoms with Gasteiger partial charge in [-0.05, 0) is 32.9 Å². The minimum atomic E-state index is -0.413. The molecule has 0 spiro atoms.